The fourth-order valence-corrected chi connectivity index (χ4v) is 3.14. The van der Waals surface area contributed by atoms with Gasteiger partial charge in [-0.05, 0) is 48.2 Å². The van der Waals surface area contributed by atoms with Crippen molar-refractivity contribution in [2.75, 3.05) is 6.54 Å². The van der Waals surface area contributed by atoms with Crippen LogP contribution >= 0.6 is 11.8 Å². The van der Waals surface area contributed by atoms with Gasteiger partial charge < -0.3 is 5.32 Å². The molecule has 112 valence electrons. The summed E-state index contributed by atoms with van der Waals surface area (Å²) in [6.07, 6.45) is 1.17. The summed E-state index contributed by atoms with van der Waals surface area (Å²) in [5.74, 6) is 0.592. The van der Waals surface area contributed by atoms with Crippen LogP contribution in [-0.4, -0.2) is 6.54 Å². The molecule has 0 aromatic heterocycles. The van der Waals surface area contributed by atoms with Crippen molar-refractivity contribution >= 4 is 11.8 Å². The van der Waals surface area contributed by atoms with Gasteiger partial charge in [0.15, 0.2) is 0 Å². The number of benzene rings is 2. The normalized spacial score (nSPS) is 11.0. The Balaban J connectivity index is 2.08. The van der Waals surface area contributed by atoms with Crippen LogP contribution < -0.4 is 5.32 Å². The first-order valence-electron chi connectivity index (χ1n) is 7.77. The maximum absolute atomic E-state index is 3.49. The van der Waals surface area contributed by atoms with Crippen LogP contribution in [-0.2, 0) is 6.54 Å². The molecule has 0 atom stereocenters. The molecule has 1 nitrogen and oxygen atoms in total. The van der Waals surface area contributed by atoms with Crippen LogP contribution in [0.25, 0.3) is 0 Å². The first kappa shape index (κ1) is 16.1. The summed E-state index contributed by atoms with van der Waals surface area (Å²) < 4.78 is 0. The van der Waals surface area contributed by atoms with Gasteiger partial charge in [0.05, 0.1) is 0 Å². The van der Waals surface area contributed by atoms with E-state index < -0.39 is 0 Å². The summed E-state index contributed by atoms with van der Waals surface area (Å²) in [6.45, 7) is 8.68. The monoisotopic (exact) mass is 299 g/mol. The molecule has 0 amide bonds. The van der Waals surface area contributed by atoms with Gasteiger partial charge in [-0.3, -0.25) is 0 Å². The second kappa shape index (κ2) is 8.26. The highest BCUT2D eigenvalue weighted by molar-refractivity contribution is 7.99. The predicted octanol–water partition coefficient (Wildman–Crippen LogP) is 5.46. The zero-order valence-corrected chi connectivity index (χ0v) is 14.0. The van der Waals surface area contributed by atoms with E-state index in [2.05, 4.69) is 74.6 Å². The quantitative estimate of drug-likeness (QED) is 0.681. The van der Waals surface area contributed by atoms with Crippen molar-refractivity contribution in [3.8, 4) is 0 Å². The first-order valence-corrected chi connectivity index (χ1v) is 8.58. The summed E-state index contributed by atoms with van der Waals surface area (Å²) in [5, 5.41) is 3.49. The molecule has 2 aromatic carbocycles. The van der Waals surface area contributed by atoms with Gasteiger partial charge in [-0.25, -0.2) is 0 Å². The van der Waals surface area contributed by atoms with Crippen molar-refractivity contribution in [3.63, 3.8) is 0 Å². The van der Waals surface area contributed by atoms with Gasteiger partial charge in [0.1, 0.15) is 0 Å². The van der Waals surface area contributed by atoms with Crippen molar-refractivity contribution in [3.05, 3.63) is 59.7 Å². The highest BCUT2D eigenvalue weighted by Crippen LogP contribution is 2.31. The van der Waals surface area contributed by atoms with E-state index in [1.54, 1.807) is 0 Å². The Bertz CT molecular complexity index is 546. The maximum atomic E-state index is 3.49. The molecule has 0 radical (unpaired) electrons. The first-order chi connectivity index (χ1) is 10.2. The molecular formula is C19H25NS. The third-order valence-corrected chi connectivity index (χ3v) is 4.62. The zero-order chi connectivity index (χ0) is 15.1. The minimum Gasteiger partial charge on any atom is -0.313 e. The van der Waals surface area contributed by atoms with Crippen molar-refractivity contribution in [1.29, 1.82) is 0 Å². The fraction of sp³-hybridized carbons (Fsp3) is 0.368. The molecule has 2 aromatic rings. The van der Waals surface area contributed by atoms with Crippen LogP contribution in [0.5, 0.6) is 0 Å². The van der Waals surface area contributed by atoms with E-state index >= 15 is 0 Å². The number of hydrogen-bond donors (Lipinski definition) is 1. The molecule has 21 heavy (non-hydrogen) atoms. The van der Waals surface area contributed by atoms with Crippen LogP contribution in [0.4, 0.5) is 0 Å². The highest BCUT2D eigenvalue weighted by atomic mass is 32.2. The molecule has 0 aliphatic carbocycles. The van der Waals surface area contributed by atoms with Crippen molar-refractivity contribution in [2.24, 2.45) is 0 Å². The molecule has 0 unspecified atom stereocenters. The number of hydrogen-bond acceptors (Lipinski definition) is 2. The molecule has 0 heterocycles. The minimum atomic E-state index is 0.592. The van der Waals surface area contributed by atoms with Crippen LogP contribution in [0, 0.1) is 0 Å². The summed E-state index contributed by atoms with van der Waals surface area (Å²) in [5.41, 5.74) is 2.78. The lowest BCUT2D eigenvalue weighted by molar-refractivity contribution is 0.669. The van der Waals surface area contributed by atoms with E-state index in [1.165, 1.54) is 27.3 Å². The summed E-state index contributed by atoms with van der Waals surface area (Å²) in [4.78, 5) is 2.65. The lowest BCUT2D eigenvalue weighted by atomic mass is 10.0. The van der Waals surface area contributed by atoms with E-state index in [0.29, 0.717) is 5.92 Å². The maximum Gasteiger partial charge on any atom is 0.0216 e. The van der Waals surface area contributed by atoms with Crippen molar-refractivity contribution in [1.82, 2.24) is 5.32 Å². The molecule has 0 fully saturated rings. The molecular weight excluding hydrogens is 274 g/mol. The average Bonchev–Trinajstić information content (AvgIpc) is 2.50. The molecule has 0 aliphatic rings. The Labute approximate surface area is 133 Å². The second-order valence-corrected chi connectivity index (χ2v) is 6.73. The van der Waals surface area contributed by atoms with Crippen molar-refractivity contribution < 1.29 is 0 Å². The van der Waals surface area contributed by atoms with Crippen LogP contribution in [0.1, 0.15) is 44.2 Å². The second-order valence-electron chi connectivity index (χ2n) is 5.61. The van der Waals surface area contributed by atoms with Gasteiger partial charge in [-0.15, -0.1) is 0 Å². The molecule has 2 rings (SSSR count). The van der Waals surface area contributed by atoms with Crippen molar-refractivity contribution in [2.45, 2.75) is 49.4 Å². The van der Waals surface area contributed by atoms with E-state index in [1.807, 2.05) is 11.8 Å². The molecule has 0 saturated carbocycles. The van der Waals surface area contributed by atoms with Crippen LogP contribution in [0.15, 0.2) is 58.3 Å². The standard InChI is InChI=1S/C19H25NS/c1-4-13-20-14-17-7-5-6-8-19(17)21-18-11-9-16(10-12-18)15(2)3/h5-12,15,20H,4,13-14H2,1-3H3. The summed E-state index contributed by atoms with van der Waals surface area (Å²) in [6, 6.07) is 17.6. The Kier molecular flexibility index (Phi) is 6.34. The van der Waals surface area contributed by atoms with Gasteiger partial charge >= 0.3 is 0 Å². The largest absolute Gasteiger partial charge is 0.313 e. The zero-order valence-electron chi connectivity index (χ0n) is 13.2. The molecule has 0 saturated heterocycles. The Morgan fingerprint density at radius 3 is 2.38 bits per heavy atom. The Hall–Kier alpha value is -1.25. The topological polar surface area (TPSA) is 12.0 Å². The molecule has 0 bridgehead atoms. The summed E-state index contributed by atoms with van der Waals surface area (Å²) >= 11 is 1.85. The Morgan fingerprint density at radius 1 is 1.00 bits per heavy atom. The average molecular weight is 299 g/mol. The van der Waals surface area contributed by atoms with E-state index in [4.69, 9.17) is 0 Å². The minimum absolute atomic E-state index is 0.592. The Morgan fingerprint density at radius 2 is 1.71 bits per heavy atom. The molecule has 0 aliphatic heterocycles. The van der Waals surface area contributed by atoms with Crippen LogP contribution in [0.2, 0.25) is 0 Å². The van der Waals surface area contributed by atoms with Gasteiger partial charge in [0.25, 0.3) is 0 Å². The number of nitrogens with one attached hydrogen (secondary N) is 1. The molecule has 1 N–H and O–H groups in total. The van der Waals surface area contributed by atoms with Gasteiger partial charge in [0.2, 0.25) is 0 Å². The van der Waals surface area contributed by atoms with Gasteiger partial charge in [0, 0.05) is 16.3 Å². The molecule has 2 heteroatoms. The van der Waals surface area contributed by atoms with E-state index in [0.717, 1.165) is 13.1 Å². The van der Waals surface area contributed by atoms with Crippen LogP contribution in [0.3, 0.4) is 0 Å². The SMILES string of the molecule is CCCNCc1ccccc1Sc1ccc(C(C)C)cc1. The molecule has 0 spiro atoms. The van der Waals surface area contributed by atoms with Gasteiger partial charge in [-0.2, -0.15) is 0 Å². The van der Waals surface area contributed by atoms with Gasteiger partial charge in [-0.1, -0.05) is 62.9 Å². The third-order valence-electron chi connectivity index (χ3n) is 3.49. The van der Waals surface area contributed by atoms with E-state index in [9.17, 15) is 0 Å². The lowest BCUT2D eigenvalue weighted by Crippen LogP contribution is -2.14. The number of rotatable bonds is 7. The fourth-order valence-electron chi connectivity index (χ4n) is 2.20. The highest BCUT2D eigenvalue weighted by Gasteiger charge is 2.05. The summed E-state index contributed by atoms with van der Waals surface area (Å²) in [7, 11) is 0. The predicted molar refractivity (Wildman–Crippen MR) is 93.1 cm³/mol. The lowest BCUT2D eigenvalue weighted by Gasteiger charge is -2.11. The smallest absolute Gasteiger partial charge is 0.0216 e. The third kappa shape index (κ3) is 4.90. The van der Waals surface area contributed by atoms with E-state index in [-0.39, 0.29) is 0 Å².